The zero-order valence-electron chi connectivity index (χ0n) is 14.1. The monoisotopic (exact) mass is 365 g/mol. The molecular formula is C20H16FN3OS. The Bertz CT molecular complexity index is 1030. The van der Waals surface area contributed by atoms with Crippen molar-refractivity contribution < 1.29 is 9.13 Å². The first-order valence-electron chi connectivity index (χ1n) is 8.09. The first-order chi connectivity index (χ1) is 12.7. The highest BCUT2D eigenvalue weighted by Gasteiger charge is 2.10. The number of aromatic nitrogens is 3. The molecule has 0 atom stereocenters. The second-order valence-electron chi connectivity index (χ2n) is 5.74. The largest absolute Gasteiger partial charge is 0.497 e. The van der Waals surface area contributed by atoms with Crippen LogP contribution in [0.25, 0.3) is 16.8 Å². The number of benzene rings is 2. The molecule has 0 amide bonds. The predicted molar refractivity (Wildman–Crippen MR) is 101 cm³/mol. The fraction of sp³-hybridized carbons (Fsp3) is 0.100. The zero-order chi connectivity index (χ0) is 17.9. The molecule has 26 heavy (non-hydrogen) atoms. The van der Waals surface area contributed by atoms with Gasteiger partial charge in [-0.25, -0.2) is 13.9 Å². The molecule has 0 fully saturated rings. The summed E-state index contributed by atoms with van der Waals surface area (Å²) in [5, 5.41) is 5.48. The summed E-state index contributed by atoms with van der Waals surface area (Å²) in [5.41, 5.74) is 3.80. The molecule has 0 aliphatic heterocycles. The second-order valence-corrected chi connectivity index (χ2v) is 6.70. The number of thioether (sulfide) groups is 1. The lowest BCUT2D eigenvalue weighted by Gasteiger charge is -2.04. The van der Waals surface area contributed by atoms with Gasteiger partial charge in [0.1, 0.15) is 16.6 Å². The maximum Gasteiger partial charge on any atom is 0.123 e. The number of fused-ring (bicyclic) bond motifs is 1. The minimum Gasteiger partial charge on any atom is -0.497 e. The molecule has 0 N–H and O–H groups in total. The van der Waals surface area contributed by atoms with Crippen LogP contribution in [0.15, 0.2) is 72.0 Å². The molecule has 0 aliphatic carbocycles. The van der Waals surface area contributed by atoms with Gasteiger partial charge in [0.15, 0.2) is 0 Å². The van der Waals surface area contributed by atoms with Gasteiger partial charge in [-0.3, -0.25) is 0 Å². The molecule has 4 aromatic rings. The van der Waals surface area contributed by atoms with Crippen molar-refractivity contribution in [2.24, 2.45) is 0 Å². The zero-order valence-corrected chi connectivity index (χ0v) is 14.9. The van der Waals surface area contributed by atoms with Crippen molar-refractivity contribution in [1.82, 2.24) is 14.6 Å². The first-order valence-corrected chi connectivity index (χ1v) is 9.07. The van der Waals surface area contributed by atoms with Gasteiger partial charge in [-0.05, 0) is 48.0 Å². The molecular weight excluding hydrogens is 349 g/mol. The smallest absolute Gasteiger partial charge is 0.123 e. The van der Waals surface area contributed by atoms with Gasteiger partial charge in [0, 0.05) is 23.7 Å². The minimum atomic E-state index is -0.255. The van der Waals surface area contributed by atoms with E-state index in [4.69, 9.17) is 4.74 Å². The third-order valence-electron chi connectivity index (χ3n) is 4.03. The van der Waals surface area contributed by atoms with Crippen LogP contribution in [0.3, 0.4) is 0 Å². The number of methoxy groups -OCH3 is 1. The predicted octanol–water partition coefficient (Wildman–Crippen LogP) is 4.84. The molecule has 0 saturated heterocycles. The van der Waals surface area contributed by atoms with E-state index in [0.717, 1.165) is 33.3 Å². The Balaban J connectivity index is 1.59. The average molecular weight is 365 g/mol. The van der Waals surface area contributed by atoms with Gasteiger partial charge in [-0.1, -0.05) is 23.9 Å². The van der Waals surface area contributed by atoms with Gasteiger partial charge in [-0.15, -0.1) is 0 Å². The maximum absolute atomic E-state index is 13.1. The Morgan fingerprint density at radius 3 is 2.58 bits per heavy atom. The average Bonchev–Trinajstić information content (AvgIpc) is 3.12. The van der Waals surface area contributed by atoms with Crippen molar-refractivity contribution in [3.63, 3.8) is 0 Å². The van der Waals surface area contributed by atoms with Crippen molar-refractivity contribution in [1.29, 1.82) is 0 Å². The summed E-state index contributed by atoms with van der Waals surface area (Å²) in [6.45, 7) is 0. The highest BCUT2D eigenvalue weighted by molar-refractivity contribution is 7.98. The van der Waals surface area contributed by atoms with Crippen LogP contribution in [0.2, 0.25) is 0 Å². The molecule has 6 heteroatoms. The SMILES string of the molecule is COc1ccc(CSc2nccn3nc(-c4ccc(F)cc4)cc23)cc1. The van der Waals surface area contributed by atoms with Crippen LogP contribution >= 0.6 is 11.8 Å². The van der Waals surface area contributed by atoms with Gasteiger partial charge in [0.2, 0.25) is 0 Å². The van der Waals surface area contributed by atoms with Crippen LogP contribution in [-0.4, -0.2) is 21.7 Å². The van der Waals surface area contributed by atoms with Gasteiger partial charge < -0.3 is 4.74 Å². The number of hydrogen-bond acceptors (Lipinski definition) is 4. The summed E-state index contributed by atoms with van der Waals surface area (Å²) >= 11 is 1.65. The van der Waals surface area contributed by atoms with E-state index in [-0.39, 0.29) is 5.82 Å². The highest BCUT2D eigenvalue weighted by Crippen LogP contribution is 2.28. The standard InChI is InChI=1S/C20H16FN3OS/c1-25-17-8-2-14(3-9-17)13-26-20-19-12-18(23-24(19)11-10-22-20)15-4-6-16(21)7-5-15/h2-12H,13H2,1H3. The van der Waals surface area contributed by atoms with E-state index in [0.29, 0.717) is 0 Å². The van der Waals surface area contributed by atoms with E-state index >= 15 is 0 Å². The molecule has 0 unspecified atom stereocenters. The van der Waals surface area contributed by atoms with Crippen LogP contribution in [0, 0.1) is 5.82 Å². The summed E-state index contributed by atoms with van der Waals surface area (Å²) in [6, 6.07) is 16.3. The molecule has 130 valence electrons. The van der Waals surface area contributed by atoms with Gasteiger partial charge in [0.05, 0.1) is 18.3 Å². The van der Waals surface area contributed by atoms with Crippen LogP contribution in [-0.2, 0) is 5.75 Å². The third-order valence-corrected chi connectivity index (χ3v) is 5.09. The normalized spacial score (nSPS) is 11.0. The van der Waals surface area contributed by atoms with Gasteiger partial charge in [0.25, 0.3) is 0 Å². The maximum atomic E-state index is 13.1. The molecule has 2 heterocycles. The Morgan fingerprint density at radius 1 is 1.08 bits per heavy atom. The van der Waals surface area contributed by atoms with Gasteiger partial charge in [-0.2, -0.15) is 5.10 Å². The Kier molecular flexibility index (Phi) is 4.58. The van der Waals surface area contributed by atoms with Crippen LogP contribution in [0.1, 0.15) is 5.56 Å². The summed E-state index contributed by atoms with van der Waals surface area (Å²) in [7, 11) is 1.66. The van der Waals surface area contributed by atoms with Crippen molar-refractivity contribution >= 4 is 17.3 Å². The van der Waals surface area contributed by atoms with Crippen LogP contribution in [0.5, 0.6) is 5.75 Å². The molecule has 4 rings (SSSR count). The fourth-order valence-corrected chi connectivity index (χ4v) is 3.58. The van der Waals surface area contributed by atoms with E-state index in [9.17, 15) is 4.39 Å². The van der Waals surface area contributed by atoms with Crippen molar-refractivity contribution in [3.8, 4) is 17.0 Å². The van der Waals surface area contributed by atoms with Crippen molar-refractivity contribution in [2.75, 3.05) is 7.11 Å². The molecule has 2 aromatic heterocycles. The highest BCUT2D eigenvalue weighted by atomic mass is 32.2. The molecule has 0 saturated carbocycles. The Labute approximate surface area is 154 Å². The van der Waals surface area contributed by atoms with Crippen molar-refractivity contribution in [3.05, 3.63) is 78.4 Å². The lowest BCUT2D eigenvalue weighted by Crippen LogP contribution is -1.91. The Morgan fingerprint density at radius 2 is 1.85 bits per heavy atom. The number of halogens is 1. The number of ether oxygens (including phenoxy) is 1. The Hall–Kier alpha value is -2.86. The summed E-state index contributed by atoms with van der Waals surface area (Å²) in [5.74, 6) is 1.39. The number of rotatable bonds is 5. The fourth-order valence-electron chi connectivity index (χ4n) is 2.64. The summed E-state index contributed by atoms with van der Waals surface area (Å²) in [6.07, 6.45) is 3.56. The number of hydrogen-bond donors (Lipinski definition) is 0. The molecule has 0 aliphatic rings. The lowest BCUT2D eigenvalue weighted by molar-refractivity contribution is 0.414. The number of nitrogens with zero attached hydrogens (tertiary/aromatic N) is 3. The quantitative estimate of drug-likeness (QED) is 0.475. The van der Waals surface area contributed by atoms with E-state index in [2.05, 4.69) is 10.1 Å². The second kappa shape index (κ2) is 7.17. The van der Waals surface area contributed by atoms with Crippen LogP contribution < -0.4 is 4.74 Å². The van der Waals surface area contributed by atoms with E-state index in [1.807, 2.05) is 41.0 Å². The summed E-state index contributed by atoms with van der Waals surface area (Å²) in [4.78, 5) is 4.49. The molecule has 0 radical (unpaired) electrons. The van der Waals surface area contributed by atoms with Gasteiger partial charge >= 0.3 is 0 Å². The lowest BCUT2D eigenvalue weighted by atomic mass is 10.1. The van der Waals surface area contributed by atoms with Crippen LogP contribution in [0.4, 0.5) is 4.39 Å². The molecule has 4 nitrogen and oxygen atoms in total. The van der Waals surface area contributed by atoms with E-state index in [1.54, 1.807) is 37.2 Å². The molecule has 0 bridgehead atoms. The third kappa shape index (κ3) is 3.41. The summed E-state index contributed by atoms with van der Waals surface area (Å²) < 4.78 is 20.1. The van der Waals surface area contributed by atoms with E-state index in [1.165, 1.54) is 17.7 Å². The van der Waals surface area contributed by atoms with Crippen molar-refractivity contribution in [2.45, 2.75) is 10.8 Å². The van der Waals surface area contributed by atoms with E-state index < -0.39 is 0 Å². The minimum absolute atomic E-state index is 0.255. The molecule has 0 spiro atoms. The topological polar surface area (TPSA) is 39.4 Å². The molecule has 2 aromatic carbocycles. The first kappa shape index (κ1) is 16.6.